The number of fused-ring (bicyclic) bond motifs is 1. The molecule has 1 aromatic rings. The number of aliphatic carboxylic acids is 1. The lowest BCUT2D eigenvalue weighted by Crippen LogP contribution is -2.41. The number of ether oxygens (including phenoxy) is 7. The smallest absolute Gasteiger partial charge is 0.303 e. The summed E-state index contributed by atoms with van der Waals surface area (Å²) in [5, 5.41) is 8.98. The van der Waals surface area contributed by atoms with Gasteiger partial charge in [-0.25, -0.2) is 0 Å². The van der Waals surface area contributed by atoms with Gasteiger partial charge in [-0.2, -0.15) is 0 Å². The molecule has 3 fully saturated rings. The number of hydrogen-bond acceptors (Lipinski definition) is 9. The third-order valence-corrected chi connectivity index (χ3v) is 8.84. The third kappa shape index (κ3) is 10.1. The Labute approximate surface area is 266 Å². The molecule has 5 rings (SSSR count). The van der Waals surface area contributed by atoms with Crippen LogP contribution in [0.5, 0.6) is 5.75 Å². The van der Waals surface area contributed by atoms with Crippen molar-refractivity contribution < 1.29 is 47.9 Å². The van der Waals surface area contributed by atoms with E-state index in [0.717, 1.165) is 49.8 Å². The Kier molecular flexibility index (Phi) is 12.9. The van der Waals surface area contributed by atoms with Gasteiger partial charge in [0.05, 0.1) is 12.7 Å². The number of benzene rings is 1. The molecule has 3 aliphatic heterocycles. The maximum Gasteiger partial charge on any atom is 0.303 e. The van der Waals surface area contributed by atoms with Gasteiger partial charge >= 0.3 is 11.9 Å². The maximum atomic E-state index is 12.2. The lowest BCUT2D eigenvalue weighted by atomic mass is 9.89. The molecular weight excluding hydrogens is 580 g/mol. The Morgan fingerprint density at radius 3 is 2.51 bits per heavy atom. The molecular formula is C35H48O10. The zero-order valence-corrected chi connectivity index (χ0v) is 26.3. The van der Waals surface area contributed by atoms with Gasteiger partial charge in [-0.1, -0.05) is 42.5 Å². The number of esters is 1. The van der Waals surface area contributed by atoms with Crippen LogP contribution < -0.4 is 4.74 Å². The normalized spacial score (nSPS) is 31.0. The number of carbonyl (C=O) groups is 2. The van der Waals surface area contributed by atoms with E-state index in [2.05, 4.69) is 12.2 Å². The molecule has 1 aromatic carbocycles. The van der Waals surface area contributed by atoms with E-state index in [1.165, 1.54) is 6.92 Å². The van der Waals surface area contributed by atoms with Crippen molar-refractivity contribution in [1.82, 2.24) is 0 Å². The van der Waals surface area contributed by atoms with Crippen LogP contribution in [0.4, 0.5) is 0 Å². The predicted octanol–water partition coefficient (Wildman–Crippen LogP) is 6.07. The highest BCUT2D eigenvalue weighted by Gasteiger charge is 2.45. The van der Waals surface area contributed by atoms with Gasteiger partial charge in [-0.15, -0.1) is 0 Å². The molecule has 45 heavy (non-hydrogen) atoms. The molecule has 3 heterocycles. The first-order valence-electron chi connectivity index (χ1n) is 16.6. The molecule has 248 valence electrons. The summed E-state index contributed by atoms with van der Waals surface area (Å²) in [6.07, 6.45) is 14.1. The largest absolute Gasteiger partial charge is 0.481 e. The SMILES string of the molecule is CC(=O)O[C@@H]1C[C@H](OC2CCCCO2)[C@H](C/C=C\CCCC(=O)O)[C@H]1/C=C/[C@@H](OC1CCCCO1)C1OCc2ccccc2O1. The van der Waals surface area contributed by atoms with Crippen LogP contribution >= 0.6 is 0 Å². The Hall–Kier alpha value is -2.76. The summed E-state index contributed by atoms with van der Waals surface area (Å²) in [5.74, 6) is -0.534. The molecule has 3 unspecified atom stereocenters. The van der Waals surface area contributed by atoms with Crippen LogP contribution in [0.15, 0.2) is 48.6 Å². The summed E-state index contributed by atoms with van der Waals surface area (Å²) in [4.78, 5) is 23.2. The molecule has 0 bridgehead atoms. The fourth-order valence-electron chi connectivity index (χ4n) is 6.57. The average molecular weight is 629 g/mol. The van der Waals surface area contributed by atoms with Gasteiger partial charge in [-0.3, -0.25) is 9.59 Å². The highest BCUT2D eigenvalue weighted by atomic mass is 16.7. The molecule has 10 heteroatoms. The molecule has 2 saturated heterocycles. The van der Waals surface area contributed by atoms with Crippen LogP contribution in [0.1, 0.15) is 83.1 Å². The molecule has 1 aliphatic carbocycles. The van der Waals surface area contributed by atoms with Gasteiger partial charge < -0.3 is 38.3 Å². The summed E-state index contributed by atoms with van der Waals surface area (Å²) in [7, 11) is 0. The standard InChI is InChI=1S/C35H48O10/c1-24(36)42-30-22-31(44-34-17-9-11-21-40-34)26(13-4-2-3-5-15-32(37)38)27(30)18-19-29(43-33-16-8-10-20-39-33)35-41-23-25-12-6-7-14-28(25)45-35/h2,4,6-7,12,14,18-19,26-27,29-31,33-35H,3,5,8-11,13,15-17,20-23H2,1H3,(H,37,38)/b4-2-,19-18+/t26-,27-,29-,30-,31+,33?,34?,35?/m1/s1. The first-order chi connectivity index (χ1) is 22.0. The minimum atomic E-state index is -0.792. The quantitative estimate of drug-likeness (QED) is 0.148. The van der Waals surface area contributed by atoms with Crippen molar-refractivity contribution in [3.05, 3.63) is 54.1 Å². The number of unbranched alkanes of at least 4 members (excludes halogenated alkanes) is 1. The monoisotopic (exact) mass is 628 g/mol. The molecule has 0 aromatic heterocycles. The number of rotatable bonds is 14. The van der Waals surface area contributed by atoms with E-state index in [1.54, 1.807) is 0 Å². The van der Waals surface area contributed by atoms with Crippen molar-refractivity contribution in [2.75, 3.05) is 13.2 Å². The molecule has 10 nitrogen and oxygen atoms in total. The molecule has 0 radical (unpaired) electrons. The van der Waals surface area contributed by atoms with E-state index in [0.29, 0.717) is 45.5 Å². The molecule has 4 aliphatic rings. The predicted molar refractivity (Wildman–Crippen MR) is 164 cm³/mol. The zero-order valence-electron chi connectivity index (χ0n) is 26.3. The van der Waals surface area contributed by atoms with Crippen LogP contribution in [0.3, 0.4) is 0 Å². The van der Waals surface area contributed by atoms with Crippen LogP contribution in [-0.2, 0) is 44.6 Å². The Bertz CT molecular complexity index is 1140. The Morgan fingerprint density at radius 2 is 1.78 bits per heavy atom. The van der Waals surface area contributed by atoms with E-state index in [-0.39, 0.29) is 42.9 Å². The number of carboxylic acids is 1. The fraction of sp³-hybridized carbons (Fsp3) is 0.657. The van der Waals surface area contributed by atoms with E-state index in [4.69, 9.17) is 38.3 Å². The second kappa shape index (κ2) is 17.2. The maximum absolute atomic E-state index is 12.2. The molecule has 0 amide bonds. The van der Waals surface area contributed by atoms with Crippen molar-refractivity contribution in [3.63, 3.8) is 0 Å². The van der Waals surface area contributed by atoms with Gasteiger partial charge in [-0.05, 0) is 69.8 Å². The topological polar surface area (TPSA) is 119 Å². The van der Waals surface area contributed by atoms with Gasteiger partial charge in [0.2, 0.25) is 6.29 Å². The van der Waals surface area contributed by atoms with Crippen molar-refractivity contribution in [1.29, 1.82) is 0 Å². The van der Waals surface area contributed by atoms with Crippen molar-refractivity contribution in [3.8, 4) is 5.75 Å². The minimum Gasteiger partial charge on any atom is -0.481 e. The third-order valence-electron chi connectivity index (χ3n) is 8.84. The number of carbonyl (C=O) groups excluding carboxylic acids is 1. The van der Waals surface area contributed by atoms with E-state index in [9.17, 15) is 9.59 Å². The average Bonchev–Trinajstić information content (AvgIpc) is 3.35. The lowest BCUT2D eigenvalue weighted by molar-refractivity contribution is -0.236. The van der Waals surface area contributed by atoms with E-state index in [1.807, 2.05) is 36.4 Å². The number of hydrogen-bond donors (Lipinski definition) is 1. The van der Waals surface area contributed by atoms with Crippen molar-refractivity contribution in [2.45, 2.75) is 121 Å². The first kappa shape index (κ1) is 33.6. The summed E-state index contributed by atoms with van der Waals surface area (Å²) < 4.78 is 43.2. The van der Waals surface area contributed by atoms with Crippen LogP contribution in [0.2, 0.25) is 0 Å². The molecule has 0 spiro atoms. The second-order valence-electron chi connectivity index (χ2n) is 12.3. The second-order valence-corrected chi connectivity index (χ2v) is 12.3. The van der Waals surface area contributed by atoms with Gasteiger partial charge in [0, 0.05) is 44.5 Å². The Balaban J connectivity index is 1.36. The van der Waals surface area contributed by atoms with Gasteiger partial charge in [0.1, 0.15) is 18.0 Å². The Morgan fingerprint density at radius 1 is 1.00 bits per heavy atom. The van der Waals surface area contributed by atoms with Gasteiger partial charge in [0.25, 0.3) is 0 Å². The highest BCUT2D eigenvalue weighted by Crippen LogP contribution is 2.41. The first-order valence-corrected chi connectivity index (χ1v) is 16.6. The summed E-state index contributed by atoms with van der Waals surface area (Å²) in [6.45, 7) is 3.17. The van der Waals surface area contributed by atoms with Gasteiger partial charge in [0.15, 0.2) is 12.6 Å². The molecule has 8 atom stereocenters. The zero-order chi connectivity index (χ0) is 31.4. The van der Waals surface area contributed by atoms with Crippen LogP contribution in [-0.4, -0.2) is 67.4 Å². The van der Waals surface area contributed by atoms with E-state index < -0.39 is 24.5 Å². The molecule has 1 N–H and O–H groups in total. The highest BCUT2D eigenvalue weighted by molar-refractivity contribution is 5.66. The lowest BCUT2D eigenvalue weighted by Gasteiger charge is -2.34. The van der Waals surface area contributed by atoms with Crippen molar-refractivity contribution >= 4 is 11.9 Å². The van der Waals surface area contributed by atoms with Crippen molar-refractivity contribution in [2.24, 2.45) is 11.8 Å². The number of allylic oxidation sites excluding steroid dienone is 2. The number of carboxylic acid groups (broad SMARTS) is 1. The summed E-state index contributed by atoms with van der Waals surface area (Å²) in [5.41, 5.74) is 0.983. The van der Waals surface area contributed by atoms with E-state index >= 15 is 0 Å². The molecule has 1 saturated carbocycles. The number of para-hydroxylation sites is 1. The summed E-state index contributed by atoms with van der Waals surface area (Å²) >= 11 is 0. The van der Waals surface area contributed by atoms with Crippen LogP contribution in [0, 0.1) is 11.8 Å². The fourth-order valence-corrected chi connectivity index (χ4v) is 6.57. The summed E-state index contributed by atoms with van der Waals surface area (Å²) in [6, 6.07) is 7.82. The van der Waals surface area contributed by atoms with Crippen LogP contribution in [0.25, 0.3) is 0 Å². The minimum absolute atomic E-state index is 0.00708.